The Morgan fingerprint density at radius 3 is 2.13 bits per heavy atom. The number of hydrogen-bond acceptors (Lipinski definition) is 2. The zero-order valence-electron chi connectivity index (χ0n) is 10.7. The lowest BCUT2D eigenvalue weighted by Crippen LogP contribution is -2.57. The number of carbonyl (C=O) groups is 1. The highest BCUT2D eigenvalue weighted by Crippen LogP contribution is 2.34. The first-order valence-corrected chi connectivity index (χ1v) is 6.22. The smallest absolute Gasteiger partial charge is 0.158 e. The maximum absolute atomic E-state index is 12.5. The van der Waals surface area contributed by atoms with Crippen molar-refractivity contribution in [3.63, 3.8) is 0 Å². The van der Waals surface area contributed by atoms with Gasteiger partial charge in [-0.2, -0.15) is 0 Å². The number of ketones is 1. The Kier molecular flexibility index (Phi) is 3.93. The molecule has 0 radical (unpaired) electrons. The Bertz CT molecular complexity index is 216. The standard InChI is InChI=1S/C13H25NO/c1-5-14-13(9-7-6-8-10-13)11(15)12(2,3)4/h14H,5-10H2,1-4H3. The normalized spacial score (nSPS) is 21.3. The SMILES string of the molecule is CCNC1(C(=O)C(C)(C)C)CCCCC1. The molecule has 1 rings (SSSR count). The Hall–Kier alpha value is -0.370. The van der Waals surface area contributed by atoms with Crippen molar-refractivity contribution in [3.05, 3.63) is 0 Å². The third kappa shape index (κ3) is 2.81. The van der Waals surface area contributed by atoms with Crippen LogP contribution in [0.4, 0.5) is 0 Å². The molecule has 0 saturated heterocycles. The molecule has 15 heavy (non-hydrogen) atoms. The van der Waals surface area contributed by atoms with Gasteiger partial charge < -0.3 is 5.32 Å². The van der Waals surface area contributed by atoms with Crippen molar-refractivity contribution >= 4 is 5.78 Å². The summed E-state index contributed by atoms with van der Waals surface area (Å²) in [6.07, 6.45) is 5.71. The van der Waals surface area contributed by atoms with Gasteiger partial charge in [-0.25, -0.2) is 0 Å². The third-order valence-corrected chi connectivity index (χ3v) is 3.34. The summed E-state index contributed by atoms with van der Waals surface area (Å²) >= 11 is 0. The van der Waals surface area contributed by atoms with Gasteiger partial charge in [0.2, 0.25) is 0 Å². The van der Waals surface area contributed by atoms with Gasteiger partial charge in [-0.15, -0.1) is 0 Å². The van der Waals surface area contributed by atoms with Crippen LogP contribution in [0.2, 0.25) is 0 Å². The zero-order chi connectivity index (χ0) is 11.5. The second-order valence-electron chi connectivity index (χ2n) is 5.75. The van der Waals surface area contributed by atoms with Gasteiger partial charge in [0.15, 0.2) is 5.78 Å². The molecule has 1 aliphatic rings. The molecule has 2 nitrogen and oxygen atoms in total. The summed E-state index contributed by atoms with van der Waals surface area (Å²) < 4.78 is 0. The third-order valence-electron chi connectivity index (χ3n) is 3.34. The van der Waals surface area contributed by atoms with Crippen LogP contribution in [0.5, 0.6) is 0 Å². The van der Waals surface area contributed by atoms with Crippen LogP contribution in [0.3, 0.4) is 0 Å². The number of hydrogen-bond donors (Lipinski definition) is 1. The number of nitrogens with one attached hydrogen (secondary N) is 1. The molecular formula is C13H25NO. The fourth-order valence-corrected chi connectivity index (χ4v) is 2.70. The van der Waals surface area contributed by atoms with Crippen molar-refractivity contribution in [2.45, 2.75) is 65.3 Å². The lowest BCUT2D eigenvalue weighted by molar-refractivity contribution is -0.134. The number of carbonyl (C=O) groups excluding carboxylic acids is 1. The van der Waals surface area contributed by atoms with E-state index in [0.717, 1.165) is 19.4 Å². The predicted octanol–water partition coefficient (Wildman–Crippen LogP) is 2.91. The maximum atomic E-state index is 12.5. The molecule has 0 spiro atoms. The van der Waals surface area contributed by atoms with Crippen molar-refractivity contribution in [2.75, 3.05) is 6.54 Å². The van der Waals surface area contributed by atoms with Crippen molar-refractivity contribution in [1.82, 2.24) is 5.32 Å². The Morgan fingerprint density at radius 1 is 1.20 bits per heavy atom. The van der Waals surface area contributed by atoms with Crippen molar-refractivity contribution in [2.24, 2.45) is 5.41 Å². The molecule has 1 fully saturated rings. The van der Waals surface area contributed by atoms with E-state index in [0.29, 0.717) is 5.78 Å². The Balaban J connectivity index is 2.84. The highest BCUT2D eigenvalue weighted by molar-refractivity contribution is 5.92. The van der Waals surface area contributed by atoms with Crippen LogP contribution < -0.4 is 5.32 Å². The van der Waals surface area contributed by atoms with Gasteiger partial charge in [0.1, 0.15) is 0 Å². The highest BCUT2D eigenvalue weighted by Gasteiger charge is 2.43. The van der Waals surface area contributed by atoms with Gasteiger partial charge in [-0.05, 0) is 19.4 Å². The van der Waals surface area contributed by atoms with Crippen LogP contribution in [0.15, 0.2) is 0 Å². The molecule has 0 aromatic heterocycles. The number of Topliss-reactive ketones (excluding diaryl/α,β-unsaturated/α-hetero) is 1. The molecule has 1 aliphatic carbocycles. The first kappa shape index (κ1) is 12.7. The minimum atomic E-state index is -0.223. The second-order valence-corrected chi connectivity index (χ2v) is 5.75. The van der Waals surface area contributed by atoms with Gasteiger partial charge in [-0.1, -0.05) is 47.0 Å². The first-order chi connectivity index (χ1) is 6.92. The highest BCUT2D eigenvalue weighted by atomic mass is 16.1. The monoisotopic (exact) mass is 211 g/mol. The summed E-state index contributed by atoms with van der Waals surface area (Å²) in [4.78, 5) is 12.5. The fraction of sp³-hybridized carbons (Fsp3) is 0.923. The first-order valence-electron chi connectivity index (χ1n) is 6.22. The van der Waals surface area contributed by atoms with Crippen LogP contribution >= 0.6 is 0 Å². The molecule has 0 heterocycles. The molecule has 1 saturated carbocycles. The average Bonchev–Trinajstić information content (AvgIpc) is 2.17. The van der Waals surface area contributed by atoms with Crippen LogP contribution in [-0.2, 0) is 4.79 Å². The summed E-state index contributed by atoms with van der Waals surface area (Å²) in [5.74, 6) is 0.400. The van der Waals surface area contributed by atoms with E-state index in [-0.39, 0.29) is 11.0 Å². The summed E-state index contributed by atoms with van der Waals surface area (Å²) in [7, 11) is 0. The molecule has 1 N–H and O–H groups in total. The largest absolute Gasteiger partial charge is 0.305 e. The molecule has 88 valence electrons. The molecule has 0 amide bonds. The minimum Gasteiger partial charge on any atom is -0.305 e. The van der Waals surface area contributed by atoms with Crippen molar-refractivity contribution < 1.29 is 4.79 Å². The van der Waals surface area contributed by atoms with Crippen LogP contribution in [0, 0.1) is 5.41 Å². The number of likely N-dealkylation sites (N-methyl/N-ethyl adjacent to an activating group) is 1. The van der Waals surface area contributed by atoms with E-state index < -0.39 is 0 Å². The lowest BCUT2D eigenvalue weighted by Gasteiger charge is -2.40. The van der Waals surface area contributed by atoms with Crippen molar-refractivity contribution in [1.29, 1.82) is 0 Å². The molecule has 0 bridgehead atoms. The molecule has 0 unspecified atom stereocenters. The van der Waals surface area contributed by atoms with E-state index in [1.54, 1.807) is 0 Å². The number of rotatable bonds is 3. The van der Waals surface area contributed by atoms with E-state index in [2.05, 4.69) is 12.2 Å². The van der Waals surface area contributed by atoms with Gasteiger partial charge in [-0.3, -0.25) is 4.79 Å². The minimum absolute atomic E-state index is 0.217. The average molecular weight is 211 g/mol. The lowest BCUT2D eigenvalue weighted by atomic mass is 9.70. The Morgan fingerprint density at radius 2 is 1.73 bits per heavy atom. The summed E-state index contributed by atoms with van der Waals surface area (Å²) in [6, 6.07) is 0. The molecule has 0 aromatic rings. The van der Waals surface area contributed by atoms with E-state index in [9.17, 15) is 4.79 Å². The van der Waals surface area contributed by atoms with Crippen LogP contribution in [0.25, 0.3) is 0 Å². The molecule has 0 atom stereocenters. The molecule has 0 aromatic carbocycles. The molecule has 0 aliphatic heterocycles. The van der Waals surface area contributed by atoms with Crippen molar-refractivity contribution in [3.8, 4) is 0 Å². The van der Waals surface area contributed by atoms with E-state index in [4.69, 9.17) is 0 Å². The topological polar surface area (TPSA) is 29.1 Å². The van der Waals surface area contributed by atoms with Gasteiger partial charge in [0, 0.05) is 5.41 Å². The maximum Gasteiger partial charge on any atom is 0.158 e. The fourth-order valence-electron chi connectivity index (χ4n) is 2.70. The summed E-state index contributed by atoms with van der Waals surface area (Å²) in [5.41, 5.74) is -0.440. The summed E-state index contributed by atoms with van der Waals surface area (Å²) in [5, 5.41) is 3.45. The van der Waals surface area contributed by atoms with E-state index in [1.807, 2.05) is 20.8 Å². The van der Waals surface area contributed by atoms with Gasteiger partial charge >= 0.3 is 0 Å². The Labute approximate surface area is 93.8 Å². The predicted molar refractivity (Wildman–Crippen MR) is 64.0 cm³/mol. The zero-order valence-corrected chi connectivity index (χ0v) is 10.7. The molecule has 2 heteroatoms. The van der Waals surface area contributed by atoms with E-state index >= 15 is 0 Å². The quantitative estimate of drug-likeness (QED) is 0.777. The van der Waals surface area contributed by atoms with Crippen LogP contribution in [0.1, 0.15) is 59.8 Å². The van der Waals surface area contributed by atoms with Gasteiger partial charge in [0.05, 0.1) is 5.54 Å². The second kappa shape index (κ2) is 4.65. The van der Waals surface area contributed by atoms with Gasteiger partial charge in [0.25, 0.3) is 0 Å². The van der Waals surface area contributed by atoms with Crippen LogP contribution in [-0.4, -0.2) is 17.9 Å². The molecular weight excluding hydrogens is 186 g/mol. The summed E-state index contributed by atoms with van der Waals surface area (Å²) in [6.45, 7) is 9.07. The van der Waals surface area contributed by atoms with E-state index in [1.165, 1.54) is 19.3 Å².